The molecule has 3 N–H and O–H groups in total. The second kappa shape index (κ2) is 8.50. The first-order valence-electron chi connectivity index (χ1n) is 6.45. The van der Waals surface area contributed by atoms with E-state index in [2.05, 4.69) is 10.2 Å². The van der Waals surface area contributed by atoms with Gasteiger partial charge in [0.1, 0.15) is 12.4 Å². The molecular weight excluding hydrogens is 242 g/mol. The van der Waals surface area contributed by atoms with Crippen molar-refractivity contribution in [1.29, 1.82) is 0 Å². The van der Waals surface area contributed by atoms with Crippen molar-refractivity contribution in [3.05, 3.63) is 29.8 Å². The minimum Gasteiger partial charge on any atom is -0.492 e. The molecule has 0 aliphatic rings. The highest BCUT2D eigenvalue weighted by Crippen LogP contribution is 2.12. The number of amides is 1. The number of hydrogen-bond acceptors (Lipinski definition) is 4. The molecule has 1 aromatic rings. The van der Waals surface area contributed by atoms with Crippen molar-refractivity contribution in [3.8, 4) is 5.75 Å². The van der Waals surface area contributed by atoms with Gasteiger partial charge in [-0.05, 0) is 31.8 Å². The second-order valence-corrected chi connectivity index (χ2v) is 4.61. The van der Waals surface area contributed by atoms with Crippen molar-refractivity contribution >= 4 is 5.91 Å². The summed E-state index contributed by atoms with van der Waals surface area (Å²) in [6, 6.07) is 7.74. The zero-order chi connectivity index (χ0) is 14.1. The summed E-state index contributed by atoms with van der Waals surface area (Å²) in [6.45, 7) is 2.46. The van der Waals surface area contributed by atoms with Gasteiger partial charge in [-0.1, -0.05) is 12.1 Å². The van der Waals surface area contributed by atoms with Crippen LogP contribution in [0.25, 0.3) is 0 Å². The van der Waals surface area contributed by atoms with Crippen molar-refractivity contribution in [2.24, 2.45) is 5.73 Å². The highest BCUT2D eigenvalue weighted by atomic mass is 16.5. The van der Waals surface area contributed by atoms with Crippen LogP contribution in [0.5, 0.6) is 5.75 Å². The molecule has 0 saturated heterocycles. The van der Waals surface area contributed by atoms with Crippen molar-refractivity contribution < 1.29 is 9.53 Å². The van der Waals surface area contributed by atoms with Crippen LogP contribution in [0, 0.1) is 0 Å². The molecule has 0 fully saturated rings. The Morgan fingerprint density at radius 1 is 1.32 bits per heavy atom. The summed E-state index contributed by atoms with van der Waals surface area (Å²) in [5, 5.41) is 2.81. The zero-order valence-corrected chi connectivity index (χ0v) is 11.7. The van der Waals surface area contributed by atoms with E-state index < -0.39 is 0 Å². The summed E-state index contributed by atoms with van der Waals surface area (Å²) >= 11 is 0. The molecule has 1 aromatic carbocycles. The summed E-state index contributed by atoms with van der Waals surface area (Å²) in [6.07, 6.45) is 0.367. The number of likely N-dealkylation sites (N-methyl/N-ethyl adjacent to an activating group) is 1. The summed E-state index contributed by atoms with van der Waals surface area (Å²) in [7, 11) is 4.02. The Hall–Kier alpha value is -1.59. The Kier molecular flexibility index (Phi) is 6.92. The lowest BCUT2D eigenvalue weighted by atomic mass is 10.2. The predicted octanol–water partition coefficient (Wildman–Crippen LogP) is 0.592. The average molecular weight is 265 g/mol. The Balaban J connectivity index is 2.33. The lowest BCUT2D eigenvalue weighted by molar-refractivity contribution is -0.121. The van der Waals surface area contributed by atoms with Gasteiger partial charge in [0.15, 0.2) is 0 Å². The highest BCUT2D eigenvalue weighted by Gasteiger charge is 2.00. The third-order valence-electron chi connectivity index (χ3n) is 2.59. The van der Waals surface area contributed by atoms with E-state index in [-0.39, 0.29) is 5.91 Å². The molecule has 0 heterocycles. The average Bonchev–Trinajstić information content (AvgIpc) is 2.38. The maximum Gasteiger partial charge on any atom is 0.221 e. The molecular formula is C14H23N3O2. The van der Waals surface area contributed by atoms with Crippen LogP contribution >= 0.6 is 0 Å². The van der Waals surface area contributed by atoms with E-state index in [1.54, 1.807) is 0 Å². The Morgan fingerprint density at radius 2 is 2.00 bits per heavy atom. The van der Waals surface area contributed by atoms with Gasteiger partial charge >= 0.3 is 0 Å². The minimum atomic E-state index is -0.0196. The van der Waals surface area contributed by atoms with Crippen LogP contribution in [0.15, 0.2) is 24.3 Å². The Labute approximate surface area is 114 Å². The monoisotopic (exact) mass is 265 g/mol. The van der Waals surface area contributed by atoms with Crippen LogP contribution in [0.3, 0.4) is 0 Å². The van der Waals surface area contributed by atoms with E-state index in [0.29, 0.717) is 26.1 Å². The topological polar surface area (TPSA) is 67.6 Å². The zero-order valence-electron chi connectivity index (χ0n) is 11.7. The molecule has 0 unspecified atom stereocenters. The van der Waals surface area contributed by atoms with Gasteiger partial charge in [0, 0.05) is 26.1 Å². The molecule has 5 nitrogen and oxygen atoms in total. The van der Waals surface area contributed by atoms with Crippen molar-refractivity contribution in [2.75, 3.05) is 33.8 Å². The number of rotatable bonds is 8. The van der Waals surface area contributed by atoms with Crippen LogP contribution in [-0.2, 0) is 11.3 Å². The molecule has 106 valence electrons. The summed E-state index contributed by atoms with van der Waals surface area (Å²) < 4.78 is 5.59. The fourth-order valence-corrected chi connectivity index (χ4v) is 1.47. The maximum absolute atomic E-state index is 11.3. The number of benzene rings is 1. The number of carbonyl (C=O) groups excluding carboxylic acids is 1. The summed E-state index contributed by atoms with van der Waals surface area (Å²) in [4.78, 5) is 13.3. The molecule has 1 rings (SSSR count). The van der Waals surface area contributed by atoms with Crippen LogP contribution < -0.4 is 15.8 Å². The normalized spacial score (nSPS) is 10.5. The van der Waals surface area contributed by atoms with Gasteiger partial charge in [-0.15, -0.1) is 0 Å². The smallest absolute Gasteiger partial charge is 0.221 e. The maximum atomic E-state index is 11.3. The number of nitrogens with zero attached hydrogens (tertiary/aromatic N) is 1. The lowest BCUT2D eigenvalue weighted by Crippen LogP contribution is -2.24. The molecule has 0 bridgehead atoms. The van der Waals surface area contributed by atoms with Gasteiger partial charge in [0.2, 0.25) is 5.91 Å². The standard InChI is InChI=1S/C14H23N3O2/c1-17(2)9-10-19-13-5-3-12(4-6-13)11-16-14(18)7-8-15/h3-6H,7-11,15H2,1-2H3,(H,16,18). The molecule has 0 aliphatic heterocycles. The van der Waals surface area contributed by atoms with E-state index in [4.69, 9.17) is 10.5 Å². The number of nitrogens with one attached hydrogen (secondary N) is 1. The van der Waals surface area contributed by atoms with Crippen LogP contribution in [-0.4, -0.2) is 44.6 Å². The van der Waals surface area contributed by atoms with Gasteiger partial charge in [-0.3, -0.25) is 4.79 Å². The van der Waals surface area contributed by atoms with Crippen molar-refractivity contribution in [2.45, 2.75) is 13.0 Å². The molecule has 0 spiro atoms. The molecule has 1 amide bonds. The quantitative estimate of drug-likeness (QED) is 0.722. The van der Waals surface area contributed by atoms with E-state index in [1.807, 2.05) is 38.4 Å². The van der Waals surface area contributed by atoms with Crippen LogP contribution in [0.2, 0.25) is 0 Å². The largest absolute Gasteiger partial charge is 0.492 e. The molecule has 0 saturated carbocycles. The van der Waals surface area contributed by atoms with E-state index >= 15 is 0 Å². The van der Waals surface area contributed by atoms with Gasteiger partial charge in [-0.25, -0.2) is 0 Å². The van der Waals surface area contributed by atoms with E-state index in [9.17, 15) is 4.79 Å². The third-order valence-corrected chi connectivity index (χ3v) is 2.59. The summed E-state index contributed by atoms with van der Waals surface area (Å²) in [5.74, 6) is 0.827. The summed E-state index contributed by atoms with van der Waals surface area (Å²) in [5.41, 5.74) is 6.35. The van der Waals surface area contributed by atoms with Crippen LogP contribution in [0.1, 0.15) is 12.0 Å². The van der Waals surface area contributed by atoms with E-state index in [0.717, 1.165) is 17.9 Å². The molecule has 0 radical (unpaired) electrons. The van der Waals surface area contributed by atoms with Crippen molar-refractivity contribution in [3.63, 3.8) is 0 Å². The number of carbonyl (C=O) groups is 1. The number of ether oxygens (including phenoxy) is 1. The third kappa shape index (κ3) is 6.79. The minimum absolute atomic E-state index is 0.0196. The first-order valence-corrected chi connectivity index (χ1v) is 6.45. The fourth-order valence-electron chi connectivity index (χ4n) is 1.47. The first-order chi connectivity index (χ1) is 9.11. The molecule has 0 aromatic heterocycles. The van der Waals surface area contributed by atoms with Crippen molar-refractivity contribution in [1.82, 2.24) is 10.2 Å². The number of hydrogen-bond donors (Lipinski definition) is 2. The number of nitrogens with two attached hydrogens (primary N) is 1. The van der Waals surface area contributed by atoms with Crippen LogP contribution in [0.4, 0.5) is 0 Å². The molecule has 5 heteroatoms. The van der Waals surface area contributed by atoms with Gasteiger partial charge < -0.3 is 20.7 Å². The van der Waals surface area contributed by atoms with Gasteiger partial charge in [0.25, 0.3) is 0 Å². The SMILES string of the molecule is CN(C)CCOc1ccc(CNC(=O)CCN)cc1. The predicted molar refractivity (Wildman–Crippen MR) is 76.0 cm³/mol. The Morgan fingerprint density at radius 3 is 2.58 bits per heavy atom. The molecule has 19 heavy (non-hydrogen) atoms. The fraction of sp³-hybridized carbons (Fsp3) is 0.500. The Bertz CT molecular complexity index is 377. The first kappa shape index (κ1) is 15.5. The lowest BCUT2D eigenvalue weighted by Gasteiger charge is -2.11. The molecule has 0 atom stereocenters. The highest BCUT2D eigenvalue weighted by molar-refractivity contribution is 5.76. The van der Waals surface area contributed by atoms with Gasteiger partial charge in [0.05, 0.1) is 0 Å². The van der Waals surface area contributed by atoms with Gasteiger partial charge in [-0.2, -0.15) is 0 Å². The molecule has 0 aliphatic carbocycles. The van der Waals surface area contributed by atoms with E-state index in [1.165, 1.54) is 0 Å². The second-order valence-electron chi connectivity index (χ2n) is 4.61.